The van der Waals surface area contributed by atoms with Gasteiger partial charge >= 0.3 is 5.97 Å². The Morgan fingerprint density at radius 2 is 2.45 bits per heavy atom. The van der Waals surface area contributed by atoms with E-state index in [9.17, 15) is 9.90 Å². The first-order chi connectivity index (χ1) is 5.05. The Balaban J connectivity index is 2.65. The van der Waals surface area contributed by atoms with Gasteiger partial charge in [0.15, 0.2) is 5.60 Å². The molecule has 0 aromatic heterocycles. The summed E-state index contributed by atoms with van der Waals surface area (Å²) >= 11 is 0. The second kappa shape index (κ2) is 2.54. The van der Waals surface area contributed by atoms with Gasteiger partial charge in [0.25, 0.3) is 0 Å². The molecule has 2 N–H and O–H groups in total. The first-order valence-corrected chi connectivity index (χ1v) is 3.31. The lowest BCUT2D eigenvalue weighted by Gasteiger charge is -2.24. The fourth-order valence-electron chi connectivity index (χ4n) is 0.885. The lowest BCUT2D eigenvalue weighted by atomic mass is 9.98. The highest BCUT2D eigenvalue weighted by Gasteiger charge is 2.41. The highest BCUT2D eigenvalue weighted by atomic mass is 16.5. The summed E-state index contributed by atoms with van der Waals surface area (Å²) in [5.41, 5.74) is -1.79. The molecular weight excluding hydrogens is 148 g/mol. The van der Waals surface area contributed by atoms with E-state index in [4.69, 9.17) is 9.84 Å². The molecule has 4 nitrogen and oxygen atoms in total. The van der Waals surface area contributed by atoms with Crippen LogP contribution in [0.4, 0.5) is 0 Å². The van der Waals surface area contributed by atoms with Gasteiger partial charge in [-0.05, 0) is 13.0 Å². The number of aliphatic hydroxyl groups is 1. The van der Waals surface area contributed by atoms with E-state index in [1.807, 2.05) is 0 Å². The summed E-state index contributed by atoms with van der Waals surface area (Å²) in [7, 11) is 0. The molecule has 0 saturated heterocycles. The van der Waals surface area contributed by atoms with Crippen molar-refractivity contribution >= 4 is 5.97 Å². The van der Waals surface area contributed by atoms with Gasteiger partial charge in [0.05, 0.1) is 6.26 Å². The second-order valence-corrected chi connectivity index (χ2v) is 2.68. The van der Waals surface area contributed by atoms with E-state index in [1.54, 1.807) is 6.08 Å². The Bertz CT molecular complexity index is 187. The number of carbonyl (C=O) groups is 1. The lowest BCUT2D eigenvalue weighted by Crippen LogP contribution is -2.46. The van der Waals surface area contributed by atoms with Crippen molar-refractivity contribution in [2.24, 2.45) is 0 Å². The largest absolute Gasteiger partial charge is 0.494 e. The number of rotatable bonds is 2. The highest BCUT2D eigenvalue weighted by molar-refractivity contribution is 5.77. The zero-order valence-electron chi connectivity index (χ0n) is 6.15. The molecular formula is C7H10O4. The van der Waals surface area contributed by atoms with Crippen LogP contribution in [0.2, 0.25) is 0 Å². The van der Waals surface area contributed by atoms with Gasteiger partial charge in [-0.15, -0.1) is 0 Å². The fourth-order valence-corrected chi connectivity index (χ4v) is 0.885. The molecule has 4 heteroatoms. The molecule has 0 bridgehead atoms. The molecule has 1 heterocycles. The van der Waals surface area contributed by atoms with Crippen LogP contribution in [0, 0.1) is 0 Å². The van der Waals surface area contributed by atoms with Crippen molar-refractivity contribution in [1.82, 2.24) is 0 Å². The molecule has 0 radical (unpaired) electrons. The smallest absolute Gasteiger partial charge is 0.339 e. The standard InChI is InChI=1S/C7H10O4/c1-7(10,6(8)9)5-3-2-4-11-5/h2,4-5,10H,3H2,1H3,(H,8,9). The van der Waals surface area contributed by atoms with Crippen molar-refractivity contribution in [3.63, 3.8) is 0 Å². The third-order valence-corrected chi connectivity index (χ3v) is 1.75. The van der Waals surface area contributed by atoms with Gasteiger partial charge in [-0.25, -0.2) is 4.79 Å². The van der Waals surface area contributed by atoms with Crippen LogP contribution in [0.5, 0.6) is 0 Å². The van der Waals surface area contributed by atoms with Gasteiger partial charge in [0, 0.05) is 6.42 Å². The van der Waals surface area contributed by atoms with E-state index in [-0.39, 0.29) is 0 Å². The first-order valence-electron chi connectivity index (χ1n) is 3.31. The number of hydrogen-bond acceptors (Lipinski definition) is 3. The van der Waals surface area contributed by atoms with Gasteiger partial charge in [0.1, 0.15) is 6.10 Å². The first kappa shape index (κ1) is 8.07. The maximum atomic E-state index is 10.5. The third kappa shape index (κ3) is 1.35. The molecule has 1 aliphatic rings. The quantitative estimate of drug-likeness (QED) is 0.599. The maximum Gasteiger partial charge on any atom is 0.339 e. The van der Waals surface area contributed by atoms with Gasteiger partial charge < -0.3 is 14.9 Å². The molecule has 0 saturated carbocycles. The summed E-state index contributed by atoms with van der Waals surface area (Å²) in [6, 6.07) is 0. The summed E-state index contributed by atoms with van der Waals surface area (Å²) in [5, 5.41) is 17.9. The van der Waals surface area contributed by atoms with Crippen molar-refractivity contribution < 1.29 is 19.7 Å². The number of hydrogen-bond donors (Lipinski definition) is 2. The second-order valence-electron chi connectivity index (χ2n) is 2.68. The minimum atomic E-state index is -1.79. The number of ether oxygens (including phenoxy) is 1. The van der Waals surface area contributed by atoms with E-state index in [0.29, 0.717) is 6.42 Å². The normalized spacial score (nSPS) is 27.6. The van der Waals surface area contributed by atoms with Gasteiger partial charge in [-0.3, -0.25) is 0 Å². The summed E-state index contributed by atoms with van der Waals surface area (Å²) in [6.07, 6.45) is 2.88. The molecule has 1 rings (SSSR count). The van der Waals surface area contributed by atoms with Gasteiger partial charge in [-0.1, -0.05) is 0 Å². The maximum absolute atomic E-state index is 10.5. The van der Waals surface area contributed by atoms with Crippen LogP contribution in [0.15, 0.2) is 12.3 Å². The van der Waals surface area contributed by atoms with Crippen LogP contribution in [0.1, 0.15) is 13.3 Å². The molecule has 0 spiro atoms. The fraction of sp³-hybridized carbons (Fsp3) is 0.571. The average molecular weight is 158 g/mol. The molecule has 0 aliphatic carbocycles. The Labute approximate surface area is 64.1 Å². The van der Waals surface area contributed by atoms with Gasteiger partial charge in [0.2, 0.25) is 0 Å². The predicted octanol–water partition coefficient (Wildman–Crippen LogP) is 0.125. The minimum absolute atomic E-state index is 0.444. The van der Waals surface area contributed by atoms with E-state index < -0.39 is 17.7 Å². The van der Waals surface area contributed by atoms with Crippen LogP contribution in [-0.4, -0.2) is 27.9 Å². The molecule has 0 amide bonds. The summed E-state index contributed by atoms with van der Waals surface area (Å²) in [6.45, 7) is 1.23. The number of aliphatic carboxylic acids is 1. The number of carboxylic acid groups (broad SMARTS) is 1. The molecule has 2 atom stereocenters. The van der Waals surface area contributed by atoms with Crippen molar-refractivity contribution in [3.05, 3.63) is 12.3 Å². The van der Waals surface area contributed by atoms with Crippen molar-refractivity contribution in [2.45, 2.75) is 25.0 Å². The predicted molar refractivity (Wildman–Crippen MR) is 36.9 cm³/mol. The topological polar surface area (TPSA) is 66.8 Å². The summed E-state index contributed by atoms with van der Waals surface area (Å²) in [5.74, 6) is -1.26. The Morgan fingerprint density at radius 1 is 1.82 bits per heavy atom. The highest BCUT2D eigenvalue weighted by Crippen LogP contribution is 2.21. The van der Waals surface area contributed by atoms with Crippen molar-refractivity contribution in [3.8, 4) is 0 Å². The molecule has 1 aliphatic heterocycles. The summed E-state index contributed by atoms with van der Waals surface area (Å²) in [4.78, 5) is 10.5. The van der Waals surface area contributed by atoms with Crippen molar-refractivity contribution in [1.29, 1.82) is 0 Å². The average Bonchev–Trinajstić information content (AvgIpc) is 2.37. The lowest BCUT2D eigenvalue weighted by molar-refractivity contribution is -0.167. The summed E-state index contributed by atoms with van der Waals surface area (Å²) < 4.78 is 4.87. The van der Waals surface area contributed by atoms with Crippen LogP contribution in [0.25, 0.3) is 0 Å². The monoisotopic (exact) mass is 158 g/mol. The van der Waals surface area contributed by atoms with Crippen molar-refractivity contribution in [2.75, 3.05) is 0 Å². The van der Waals surface area contributed by atoms with E-state index >= 15 is 0 Å². The van der Waals surface area contributed by atoms with Gasteiger partial charge in [-0.2, -0.15) is 0 Å². The molecule has 2 unspecified atom stereocenters. The Morgan fingerprint density at radius 3 is 2.82 bits per heavy atom. The Kier molecular flexibility index (Phi) is 1.87. The Hall–Kier alpha value is -1.03. The third-order valence-electron chi connectivity index (χ3n) is 1.75. The van der Waals surface area contributed by atoms with E-state index in [1.165, 1.54) is 13.2 Å². The van der Waals surface area contributed by atoms with Crippen LogP contribution in [0.3, 0.4) is 0 Å². The molecule has 0 aromatic carbocycles. The molecule has 62 valence electrons. The molecule has 11 heavy (non-hydrogen) atoms. The van der Waals surface area contributed by atoms with Crippen LogP contribution >= 0.6 is 0 Å². The number of carboxylic acids is 1. The minimum Gasteiger partial charge on any atom is -0.494 e. The van der Waals surface area contributed by atoms with E-state index in [2.05, 4.69) is 0 Å². The zero-order valence-corrected chi connectivity index (χ0v) is 6.15. The van der Waals surface area contributed by atoms with E-state index in [0.717, 1.165) is 0 Å². The molecule has 0 fully saturated rings. The molecule has 0 aromatic rings. The van der Waals surface area contributed by atoms with Crippen LogP contribution < -0.4 is 0 Å². The van der Waals surface area contributed by atoms with Crippen LogP contribution in [-0.2, 0) is 9.53 Å². The SMILES string of the molecule is CC(O)(C(=O)O)C1CC=CO1. The zero-order chi connectivity index (χ0) is 8.48.